The number of ether oxygens (including phenoxy) is 2. The molecular formula is C24H27N5O3. The Bertz CT molecular complexity index is 1020. The number of nitrogens with one attached hydrogen (secondary N) is 2. The molecule has 0 atom stereocenters. The minimum absolute atomic E-state index is 0.0761. The standard InChI is InChI=1S/C24H27N5O3/c1-31-15-11-23(30)26-19-4-2-18(3-5-19)22-10-12-25-24(28-22)27-20-6-8-21(9-7-20)29-13-16-32-17-14-29/h2-10,12H,11,13-17H2,1H3,(H,26,30)(H,25,27,28). The Morgan fingerprint density at radius 3 is 2.47 bits per heavy atom. The molecule has 32 heavy (non-hydrogen) atoms. The molecule has 0 aliphatic carbocycles. The van der Waals surface area contributed by atoms with Gasteiger partial charge in [-0.2, -0.15) is 0 Å². The first-order valence-corrected chi connectivity index (χ1v) is 10.6. The zero-order chi connectivity index (χ0) is 22.2. The summed E-state index contributed by atoms with van der Waals surface area (Å²) in [5, 5.41) is 6.12. The van der Waals surface area contributed by atoms with E-state index in [9.17, 15) is 4.79 Å². The van der Waals surface area contributed by atoms with Crippen molar-refractivity contribution in [3.8, 4) is 11.3 Å². The Kier molecular flexibility index (Phi) is 7.27. The van der Waals surface area contributed by atoms with Crippen molar-refractivity contribution in [1.29, 1.82) is 0 Å². The van der Waals surface area contributed by atoms with Gasteiger partial charge in [-0.3, -0.25) is 4.79 Å². The van der Waals surface area contributed by atoms with E-state index in [0.29, 0.717) is 19.0 Å². The molecule has 2 aromatic carbocycles. The number of amides is 1. The second-order valence-corrected chi connectivity index (χ2v) is 7.41. The number of carbonyl (C=O) groups excluding carboxylic acids is 1. The predicted molar refractivity (Wildman–Crippen MR) is 125 cm³/mol. The zero-order valence-corrected chi connectivity index (χ0v) is 18.1. The van der Waals surface area contributed by atoms with Crippen LogP contribution in [0.1, 0.15) is 6.42 Å². The Balaban J connectivity index is 1.39. The van der Waals surface area contributed by atoms with Crippen molar-refractivity contribution in [2.75, 3.05) is 55.6 Å². The lowest BCUT2D eigenvalue weighted by Gasteiger charge is -2.28. The van der Waals surface area contributed by atoms with Crippen molar-refractivity contribution in [1.82, 2.24) is 9.97 Å². The first-order valence-electron chi connectivity index (χ1n) is 10.6. The normalized spacial score (nSPS) is 13.6. The molecule has 0 radical (unpaired) electrons. The van der Waals surface area contributed by atoms with Crippen molar-refractivity contribution in [2.24, 2.45) is 0 Å². The number of carbonyl (C=O) groups is 1. The first kappa shape index (κ1) is 21.7. The van der Waals surface area contributed by atoms with Gasteiger partial charge in [0.25, 0.3) is 0 Å². The van der Waals surface area contributed by atoms with Crippen LogP contribution in [0.25, 0.3) is 11.3 Å². The molecule has 0 bridgehead atoms. The highest BCUT2D eigenvalue weighted by atomic mass is 16.5. The van der Waals surface area contributed by atoms with Crippen LogP contribution < -0.4 is 15.5 Å². The van der Waals surface area contributed by atoms with E-state index >= 15 is 0 Å². The van der Waals surface area contributed by atoms with Gasteiger partial charge < -0.3 is 25.0 Å². The van der Waals surface area contributed by atoms with Crippen LogP contribution in [0.15, 0.2) is 60.8 Å². The van der Waals surface area contributed by atoms with Gasteiger partial charge in [0.1, 0.15) is 0 Å². The lowest BCUT2D eigenvalue weighted by molar-refractivity contribution is -0.117. The summed E-state index contributed by atoms with van der Waals surface area (Å²) < 4.78 is 10.3. The van der Waals surface area contributed by atoms with Crippen LogP contribution in [-0.4, -0.2) is 55.9 Å². The third kappa shape index (κ3) is 5.81. The summed E-state index contributed by atoms with van der Waals surface area (Å²) in [5.74, 6) is 0.450. The van der Waals surface area contributed by atoms with Crippen molar-refractivity contribution in [3.05, 3.63) is 60.8 Å². The summed E-state index contributed by atoms with van der Waals surface area (Å²) in [7, 11) is 1.58. The lowest BCUT2D eigenvalue weighted by atomic mass is 10.1. The van der Waals surface area contributed by atoms with Crippen LogP contribution in [0.3, 0.4) is 0 Å². The first-order chi connectivity index (χ1) is 15.7. The second-order valence-electron chi connectivity index (χ2n) is 7.41. The van der Waals surface area contributed by atoms with E-state index in [0.717, 1.165) is 48.9 Å². The van der Waals surface area contributed by atoms with Gasteiger partial charge in [0, 0.05) is 49.0 Å². The van der Waals surface area contributed by atoms with Crippen molar-refractivity contribution >= 4 is 28.9 Å². The summed E-state index contributed by atoms with van der Waals surface area (Å²) in [6.45, 7) is 3.75. The second kappa shape index (κ2) is 10.7. The molecule has 2 heterocycles. The van der Waals surface area contributed by atoms with Gasteiger partial charge in [0.05, 0.1) is 31.9 Å². The maximum Gasteiger partial charge on any atom is 0.227 e. The third-order valence-corrected chi connectivity index (χ3v) is 5.15. The topological polar surface area (TPSA) is 88.6 Å². The molecule has 1 fully saturated rings. The Morgan fingerprint density at radius 2 is 1.75 bits per heavy atom. The minimum Gasteiger partial charge on any atom is -0.384 e. The van der Waals surface area contributed by atoms with Crippen molar-refractivity contribution in [2.45, 2.75) is 6.42 Å². The highest BCUT2D eigenvalue weighted by Crippen LogP contribution is 2.23. The number of benzene rings is 2. The highest BCUT2D eigenvalue weighted by molar-refractivity contribution is 5.91. The Labute approximate surface area is 187 Å². The average Bonchev–Trinajstić information content (AvgIpc) is 2.84. The molecule has 0 unspecified atom stereocenters. The maximum atomic E-state index is 11.8. The lowest BCUT2D eigenvalue weighted by Crippen LogP contribution is -2.36. The molecule has 8 heteroatoms. The highest BCUT2D eigenvalue weighted by Gasteiger charge is 2.11. The molecular weight excluding hydrogens is 406 g/mol. The number of aromatic nitrogens is 2. The number of hydrogen-bond donors (Lipinski definition) is 2. The maximum absolute atomic E-state index is 11.8. The third-order valence-electron chi connectivity index (χ3n) is 5.15. The predicted octanol–water partition coefficient (Wildman–Crippen LogP) is 3.70. The fraction of sp³-hybridized carbons (Fsp3) is 0.292. The van der Waals surface area contributed by atoms with E-state index < -0.39 is 0 Å². The fourth-order valence-corrected chi connectivity index (χ4v) is 3.43. The van der Waals surface area contributed by atoms with Crippen molar-refractivity contribution < 1.29 is 14.3 Å². The van der Waals surface area contributed by atoms with E-state index in [1.54, 1.807) is 13.3 Å². The number of rotatable bonds is 8. The van der Waals surface area contributed by atoms with E-state index in [2.05, 4.69) is 37.6 Å². The van der Waals surface area contributed by atoms with Crippen LogP contribution in [0.5, 0.6) is 0 Å². The molecule has 8 nitrogen and oxygen atoms in total. The molecule has 0 saturated carbocycles. The molecule has 2 N–H and O–H groups in total. The van der Waals surface area contributed by atoms with Gasteiger partial charge in [-0.15, -0.1) is 0 Å². The number of hydrogen-bond acceptors (Lipinski definition) is 7. The van der Waals surface area contributed by atoms with E-state index in [1.807, 2.05) is 42.5 Å². The Hall–Kier alpha value is -3.49. The number of morpholine rings is 1. The summed E-state index contributed by atoms with van der Waals surface area (Å²) in [6, 6.07) is 17.7. The minimum atomic E-state index is -0.0761. The molecule has 166 valence electrons. The van der Waals surface area contributed by atoms with Gasteiger partial charge in [0.15, 0.2) is 0 Å². The number of methoxy groups -OCH3 is 1. The van der Waals surface area contributed by atoms with E-state index in [4.69, 9.17) is 9.47 Å². The van der Waals surface area contributed by atoms with E-state index in [-0.39, 0.29) is 5.91 Å². The number of anilines is 4. The molecule has 1 aliphatic heterocycles. The van der Waals surface area contributed by atoms with Gasteiger partial charge in [-0.1, -0.05) is 12.1 Å². The van der Waals surface area contributed by atoms with Crippen LogP contribution >= 0.6 is 0 Å². The number of nitrogens with zero attached hydrogens (tertiary/aromatic N) is 3. The zero-order valence-electron chi connectivity index (χ0n) is 18.1. The Morgan fingerprint density at radius 1 is 1.03 bits per heavy atom. The van der Waals surface area contributed by atoms with Gasteiger partial charge in [-0.25, -0.2) is 9.97 Å². The molecule has 1 amide bonds. The molecule has 0 spiro atoms. The monoisotopic (exact) mass is 433 g/mol. The largest absolute Gasteiger partial charge is 0.384 e. The summed E-state index contributed by atoms with van der Waals surface area (Å²) >= 11 is 0. The average molecular weight is 434 g/mol. The summed E-state index contributed by atoms with van der Waals surface area (Å²) in [6.07, 6.45) is 2.06. The molecule has 4 rings (SSSR count). The SMILES string of the molecule is COCCC(=O)Nc1ccc(-c2ccnc(Nc3ccc(N4CCOCC4)cc3)n2)cc1. The van der Waals surface area contributed by atoms with Crippen molar-refractivity contribution in [3.63, 3.8) is 0 Å². The van der Waals surface area contributed by atoms with Crippen LogP contribution in [0, 0.1) is 0 Å². The molecule has 1 aliphatic rings. The van der Waals surface area contributed by atoms with E-state index in [1.165, 1.54) is 5.69 Å². The van der Waals surface area contributed by atoms with Gasteiger partial charge >= 0.3 is 0 Å². The summed E-state index contributed by atoms with van der Waals surface area (Å²) in [4.78, 5) is 23.1. The quantitative estimate of drug-likeness (QED) is 0.560. The molecule has 1 aromatic heterocycles. The molecule has 3 aromatic rings. The fourth-order valence-electron chi connectivity index (χ4n) is 3.43. The summed E-state index contributed by atoms with van der Waals surface area (Å²) in [5.41, 5.74) is 4.58. The van der Waals surface area contributed by atoms with Gasteiger partial charge in [0.2, 0.25) is 11.9 Å². The van der Waals surface area contributed by atoms with Gasteiger partial charge in [-0.05, 0) is 42.5 Å². The smallest absolute Gasteiger partial charge is 0.227 e. The van der Waals surface area contributed by atoms with Crippen LogP contribution in [0.2, 0.25) is 0 Å². The van der Waals surface area contributed by atoms with Crippen LogP contribution in [-0.2, 0) is 14.3 Å². The molecule has 1 saturated heterocycles. The van der Waals surface area contributed by atoms with Crippen LogP contribution in [0.4, 0.5) is 23.0 Å².